The quantitative estimate of drug-likeness (QED) is 0.429. The molecule has 0 bridgehead atoms. The van der Waals surface area contributed by atoms with Gasteiger partial charge in [0.05, 0.1) is 0 Å². The molecule has 0 aromatic rings. The van der Waals surface area contributed by atoms with Gasteiger partial charge < -0.3 is 0 Å². The van der Waals surface area contributed by atoms with Crippen molar-refractivity contribution >= 4 is 81.4 Å². The summed E-state index contributed by atoms with van der Waals surface area (Å²) >= 11 is 29.2. The van der Waals surface area contributed by atoms with Gasteiger partial charge in [0.25, 0.3) is 0 Å². The van der Waals surface area contributed by atoms with Crippen LogP contribution in [0.4, 0.5) is 0 Å². The van der Waals surface area contributed by atoms with Crippen LogP contribution in [0.25, 0.3) is 0 Å². The van der Waals surface area contributed by atoms with Crippen molar-refractivity contribution in [3.63, 3.8) is 0 Å². The van der Waals surface area contributed by atoms with Crippen LogP contribution in [0.2, 0.25) is 0 Å². The average molecular weight is 523 g/mol. The SMILES string of the molecule is O=C([NH][Hg][NH]C(=O)C(Cl)(Cl)Cl)C(Cl)(Cl)Cl. The molecule has 0 aliphatic rings. The van der Waals surface area contributed by atoms with Crippen LogP contribution >= 0.6 is 69.6 Å². The number of alkyl halides is 6. The fraction of sp³-hybridized carbons (Fsp3) is 0.500. The van der Waals surface area contributed by atoms with Gasteiger partial charge in [-0.1, -0.05) is 0 Å². The standard InChI is InChI=1S/2C2H2Cl3NO.Hg/c2*3-2(4,5)1(6)7;/h2*(H2,6,7);/q;;+2/p-2. The molecule has 0 aliphatic heterocycles. The Labute approximate surface area is 128 Å². The second-order valence-electron chi connectivity index (χ2n) is 2.18. The van der Waals surface area contributed by atoms with Gasteiger partial charge in [-0.15, -0.1) is 0 Å². The molecule has 0 spiro atoms. The van der Waals surface area contributed by atoms with E-state index in [2.05, 4.69) is 6.16 Å². The topological polar surface area (TPSA) is 58.2 Å². The van der Waals surface area contributed by atoms with Crippen molar-refractivity contribution in [1.29, 1.82) is 0 Å². The van der Waals surface area contributed by atoms with E-state index >= 15 is 0 Å². The summed E-state index contributed by atoms with van der Waals surface area (Å²) in [6.45, 7) is 0. The Kier molecular flexibility index (Phi) is 7.22. The van der Waals surface area contributed by atoms with Crippen LogP contribution in [-0.2, 0) is 34.8 Å². The minimum absolute atomic E-state index is 0.807. The molecule has 0 radical (unpaired) electrons. The third-order valence-electron chi connectivity index (χ3n) is 1.01. The Hall–Kier alpha value is 1.62. The molecule has 84 valence electrons. The number of carbonyl (C=O) groups excluding carboxylic acids is 2. The number of carbonyl (C=O) groups is 2. The molecule has 0 unspecified atom stereocenters. The Morgan fingerprint density at radius 1 is 0.800 bits per heavy atom. The van der Waals surface area contributed by atoms with E-state index in [9.17, 15) is 9.59 Å². The Balaban J connectivity index is 3.92. The molecule has 0 saturated heterocycles. The molecule has 0 saturated carbocycles. The maximum absolute atomic E-state index is 11.0. The van der Waals surface area contributed by atoms with Crippen LogP contribution in [0.3, 0.4) is 0 Å². The monoisotopic (exact) mass is 522 g/mol. The Morgan fingerprint density at radius 2 is 1.07 bits per heavy atom. The first-order valence-electron chi connectivity index (χ1n) is 3.25. The van der Waals surface area contributed by atoms with Crippen molar-refractivity contribution in [2.24, 2.45) is 0 Å². The summed E-state index contributed by atoms with van der Waals surface area (Å²) in [4.78, 5) is 22.0. The number of amides is 2. The zero-order valence-electron chi connectivity index (χ0n) is 6.79. The van der Waals surface area contributed by atoms with Crippen LogP contribution in [0, 0.1) is 0 Å². The van der Waals surface area contributed by atoms with Gasteiger partial charge in [-0.2, -0.15) is 0 Å². The molecule has 4 nitrogen and oxygen atoms in total. The third-order valence-corrected chi connectivity index (χ3v) is 5.91. The van der Waals surface area contributed by atoms with Crippen LogP contribution in [0.5, 0.6) is 0 Å². The first-order valence-corrected chi connectivity index (χ1v) is 11.0. The number of rotatable bonds is 2. The molecule has 0 fully saturated rings. The van der Waals surface area contributed by atoms with Crippen molar-refractivity contribution < 1.29 is 34.8 Å². The van der Waals surface area contributed by atoms with E-state index in [1.807, 2.05) is 0 Å². The van der Waals surface area contributed by atoms with Gasteiger partial charge >= 0.3 is 130 Å². The Bertz CT molecular complexity index is 235. The Morgan fingerprint density at radius 3 is 1.27 bits per heavy atom. The number of nitrogens with one attached hydrogen (secondary N) is 2. The van der Waals surface area contributed by atoms with E-state index in [1.165, 1.54) is 0 Å². The van der Waals surface area contributed by atoms with Gasteiger partial charge in [-0.05, 0) is 0 Å². The number of halogens is 6. The van der Waals surface area contributed by atoms with Gasteiger partial charge in [0, 0.05) is 0 Å². The fourth-order valence-electron chi connectivity index (χ4n) is 0.405. The van der Waals surface area contributed by atoms with E-state index in [0.717, 1.165) is 0 Å². The molecule has 0 aliphatic carbocycles. The number of hydrogen-bond acceptors (Lipinski definition) is 2. The van der Waals surface area contributed by atoms with Gasteiger partial charge in [-0.25, -0.2) is 0 Å². The van der Waals surface area contributed by atoms with E-state index in [1.54, 1.807) is 0 Å². The van der Waals surface area contributed by atoms with Crippen molar-refractivity contribution in [1.82, 2.24) is 6.16 Å². The van der Waals surface area contributed by atoms with E-state index in [4.69, 9.17) is 69.6 Å². The normalized spacial score (nSPS) is 11.6. The molecule has 0 aromatic heterocycles. The van der Waals surface area contributed by atoms with Crippen LogP contribution in [0.15, 0.2) is 0 Å². The summed E-state index contributed by atoms with van der Waals surface area (Å²) in [5.74, 6) is -1.61. The fourth-order valence-corrected chi connectivity index (χ4v) is 7.07. The van der Waals surface area contributed by atoms with Crippen molar-refractivity contribution in [3.8, 4) is 0 Å². The molecule has 0 heterocycles. The predicted molar refractivity (Wildman–Crippen MR) is 56.9 cm³/mol. The molecule has 2 N–H and O–H groups in total. The molecule has 0 rings (SSSR count). The van der Waals surface area contributed by atoms with Crippen LogP contribution < -0.4 is 6.16 Å². The third kappa shape index (κ3) is 7.52. The summed E-state index contributed by atoms with van der Waals surface area (Å²) in [7, 11) is 0. The summed E-state index contributed by atoms with van der Waals surface area (Å²) in [6.07, 6.45) is 0. The zero-order chi connectivity index (χ0) is 12.3. The number of hydrogen-bond donors (Lipinski definition) is 2. The van der Waals surface area contributed by atoms with E-state index in [0.29, 0.717) is 0 Å². The van der Waals surface area contributed by atoms with Crippen molar-refractivity contribution in [3.05, 3.63) is 0 Å². The average Bonchev–Trinajstić information content (AvgIpc) is 2.00. The van der Waals surface area contributed by atoms with Gasteiger partial charge in [-0.3, -0.25) is 0 Å². The summed E-state index contributed by atoms with van der Waals surface area (Å²) in [5.41, 5.74) is 0. The molecule has 2 amide bonds. The van der Waals surface area contributed by atoms with Gasteiger partial charge in [0.2, 0.25) is 0 Å². The molecule has 11 heteroatoms. The van der Waals surface area contributed by atoms with E-state index in [-0.39, 0.29) is 0 Å². The van der Waals surface area contributed by atoms with Gasteiger partial charge in [0.15, 0.2) is 0 Å². The van der Waals surface area contributed by atoms with Crippen LogP contribution in [-0.4, -0.2) is 19.4 Å². The van der Waals surface area contributed by atoms with Crippen LogP contribution in [0.1, 0.15) is 0 Å². The second kappa shape index (κ2) is 6.52. The minimum atomic E-state index is -2.29. The second-order valence-corrected chi connectivity index (χ2v) is 10.9. The zero-order valence-corrected chi connectivity index (χ0v) is 16.8. The molecule has 0 aromatic carbocycles. The molecular weight excluding hydrogens is 521 g/mol. The van der Waals surface area contributed by atoms with E-state index < -0.39 is 44.6 Å². The summed E-state index contributed by atoms with van der Waals surface area (Å²) < 4.78 is 0.509. The first kappa shape index (κ1) is 16.6. The molecule has 0 atom stereocenters. The molecular formula is C4H2Cl6HgN2O2. The maximum atomic E-state index is 11.0. The predicted octanol–water partition coefficient (Wildman–Crippen LogP) is 1.87. The van der Waals surface area contributed by atoms with Gasteiger partial charge in [0.1, 0.15) is 0 Å². The summed E-state index contributed by atoms with van der Waals surface area (Å²) in [6, 6.07) is 0. The first-order chi connectivity index (χ1) is 6.55. The van der Waals surface area contributed by atoms with Crippen molar-refractivity contribution in [2.75, 3.05) is 0 Å². The summed E-state index contributed by atoms with van der Waals surface area (Å²) in [5, 5.41) is 0. The van der Waals surface area contributed by atoms with Crippen molar-refractivity contribution in [2.45, 2.75) is 7.59 Å². The molecule has 15 heavy (non-hydrogen) atoms.